The zero-order valence-corrected chi connectivity index (χ0v) is 15.2. The lowest BCUT2D eigenvalue weighted by atomic mass is 10.1. The Morgan fingerprint density at radius 2 is 1.73 bits per heavy atom. The standard InChI is InChI=1S/C18H21N3O5/c1-11(12-5-6-14-15(9-12)26-8-7-25-14)19(2)17(23)13-10-16(22)21(4)18(24)20(13)3/h5-6,9-11H,7-8H2,1-4H3. The Morgan fingerprint density at radius 1 is 1.08 bits per heavy atom. The van der Waals surface area contributed by atoms with Gasteiger partial charge >= 0.3 is 5.69 Å². The highest BCUT2D eigenvalue weighted by Crippen LogP contribution is 2.33. The fourth-order valence-corrected chi connectivity index (χ4v) is 2.84. The van der Waals surface area contributed by atoms with E-state index in [9.17, 15) is 14.4 Å². The number of nitrogens with zero attached hydrogens (tertiary/aromatic N) is 3. The zero-order valence-electron chi connectivity index (χ0n) is 15.2. The lowest BCUT2D eigenvalue weighted by molar-refractivity contribution is 0.0730. The number of carbonyl (C=O) groups excluding carboxylic acids is 1. The summed E-state index contributed by atoms with van der Waals surface area (Å²) in [7, 11) is 4.48. The molecule has 1 amide bonds. The molecule has 1 unspecified atom stereocenters. The van der Waals surface area contributed by atoms with E-state index in [1.807, 2.05) is 25.1 Å². The highest BCUT2D eigenvalue weighted by Gasteiger charge is 2.24. The first-order valence-electron chi connectivity index (χ1n) is 8.25. The molecule has 1 aromatic carbocycles. The van der Waals surface area contributed by atoms with E-state index < -0.39 is 17.2 Å². The quantitative estimate of drug-likeness (QED) is 0.805. The van der Waals surface area contributed by atoms with Gasteiger partial charge in [0, 0.05) is 27.2 Å². The Kier molecular flexibility index (Phi) is 4.58. The predicted molar refractivity (Wildman–Crippen MR) is 94.9 cm³/mol. The van der Waals surface area contributed by atoms with Crippen molar-refractivity contribution in [2.45, 2.75) is 13.0 Å². The third-order valence-corrected chi connectivity index (χ3v) is 4.70. The van der Waals surface area contributed by atoms with Crippen molar-refractivity contribution in [2.75, 3.05) is 20.3 Å². The molecule has 1 aliphatic rings. The van der Waals surface area contributed by atoms with Crippen LogP contribution in [0.15, 0.2) is 33.9 Å². The molecule has 2 aromatic rings. The average molecular weight is 359 g/mol. The Morgan fingerprint density at radius 3 is 2.42 bits per heavy atom. The molecule has 0 spiro atoms. The summed E-state index contributed by atoms with van der Waals surface area (Å²) in [6.07, 6.45) is 0. The Hall–Kier alpha value is -3.03. The van der Waals surface area contributed by atoms with Gasteiger partial charge in [-0.2, -0.15) is 0 Å². The molecule has 3 rings (SSSR count). The number of fused-ring (bicyclic) bond motifs is 1. The number of carbonyl (C=O) groups is 1. The third-order valence-electron chi connectivity index (χ3n) is 4.70. The van der Waals surface area contributed by atoms with Crippen LogP contribution in [0.2, 0.25) is 0 Å². The summed E-state index contributed by atoms with van der Waals surface area (Å²) in [5.41, 5.74) is -0.151. The first-order chi connectivity index (χ1) is 12.3. The maximum absolute atomic E-state index is 12.8. The summed E-state index contributed by atoms with van der Waals surface area (Å²) in [5, 5.41) is 0. The molecule has 8 nitrogen and oxygen atoms in total. The van der Waals surface area contributed by atoms with Gasteiger partial charge in [-0.25, -0.2) is 4.79 Å². The van der Waals surface area contributed by atoms with Crippen molar-refractivity contribution in [2.24, 2.45) is 14.1 Å². The zero-order chi connectivity index (χ0) is 19.0. The second kappa shape index (κ2) is 6.70. The van der Waals surface area contributed by atoms with Gasteiger partial charge in [-0.05, 0) is 24.6 Å². The number of hydrogen-bond donors (Lipinski definition) is 0. The van der Waals surface area contributed by atoms with Crippen LogP contribution in [0.25, 0.3) is 0 Å². The molecule has 0 bridgehead atoms. The molecule has 1 aliphatic heterocycles. The smallest absolute Gasteiger partial charge is 0.331 e. The summed E-state index contributed by atoms with van der Waals surface area (Å²) in [6, 6.07) is 6.40. The molecule has 0 radical (unpaired) electrons. The van der Waals surface area contributed by atoms with Crippen LogP contribution in [0.5, 0.6) is 11.5 Å². The first kappa shape index (κ1) is 17.8. The topological polar surface area (TPSA) is 82.8 Å². The predicted octanol–water partition coefficient (Wildman–Crippen LogP) is 0.688. The SMILES string of the molecule is CC(c1ccc2c(c1)OCCO2)N(C)C(=O)c1cc(=O)n(C)c(=O)n1C. The van der Waals surface area contributed by atoms with Crippen LogP contribution in [0.1, 0.15) is 29.0 Å². The van der Waals surface area contributed by atoms with Gasteiger partial charge in [0.2, 0.25) is 0 Å². The number of aromatic nitrogens is 2. The lowest BCUT2D eigenvalue weighted by Gasteiger charge is -2.27. The van der Waals surface area contributed by atoms with Gasteiger partial charge in [0.05, 0.1) is 6.04 Å². The maximum Gasteiger partial charge on any atom is 0.331 e. The molecule has 0 N–H and O–H groups in total. The lowest BCUT2D eigenvalue weighted by Crippen LogP contribution is -2.42. The molecule has 0 fully saturated rings. The monoisotopic (exact) mass is 359 g/mol. The summed E-state index contributed by atoms with van der Waals surface area (Å²) >= 11 is 0. The fraction of sp³-hybridized carbons (Fsp3) is 0.389. The number of ether oxygens (including phenoxy) is 2. The molecule has 1 atom stereocenters. The summed E-state index contributed by atoms with van der Waals surface area (Å²) in [5.74, 6) is 0.905. The van der Waals surface area contributed by atoms with Crippen LogP contribution < -0.4 is 20.7 Å². The fourth-order valence-electron chi connectivity index (χ4n) is 2.84. The first-order valence-corrected chi connectivity index (χ1v) is 8.25. The van der Waals surface area contributed by atoms with Gasteiger partial charge < -0.3 is 14.4 Å². The van der Waals surface area contributed by atoms with E-state index in [0.717, 1.165) is 10.1 Å². The van der Waals surface area contributed by atoms with Gasteiger partial charge in [0.1, 0.15) is 18.9 Å². The van der Waals surface area contributed by atoms with Gasteiger partial charge in [-0.3, -0.25) is 18.7 Å². The number of rotatable bonds is 3. The van der Waals surface area contributed by atoms with Crippen LogP contribution in [-0.2, 0) is 14.1 Å². The van der Waals surface area contributed by atoms with E-state index in [1.165, 1.54) is 29.6 Å². The van der Waals surface area contributed by atoms with E-state index in [4.69, 9.17) is 9.47 Å². The van der Waals surface area contributed by atoms with Crippen molar-refractivity contribution in [3.63, 3.8) is 0 Å². The van der Waals surface area contributed by atoms with Crippen LogP contribution in [0.3, 0.4) is 0 Å². The van der Waals surface area contributed by atoms with Gasteiger partial charge in [0.15, 0.2) is 11.5 Å². The van der Waals surface area contributed by atoms with E-state index in [2.05, 4.69) is 0 Å². The molecule has 1 aromatic heterocycles. The van der Waals surface area contributed by atoms with Crippen LogP contribution in [0.4, 0.5) is 0 Å². The van der Waals surface area contributed by atoms with Crippen molar-refractivity contribution in [3.05, 3.63) is 56.4 Å². The van der Waals surface area contributed by atoms with Crippen molar-refractivity contribution in [1.82, 2.24) is 14.0 Å². The Labute approximate surface area is 150 Å². The van der Waals surface area contributed by atoms with Gasteiger partial charge in [-0.1, -0.05) is 6.07 Å². The van der Waals surface area contributed by atoms with E-state index >= 15 is 0 Å². The number of benzene rings is 1. The average Bonchev–Trinajstić information content (AvgIpc) is 2.67. The van der Waals surface area contributed by atoms with Crippen LogP contribution >= 0.6 is 0 Å². The van der Waals surface area contributed by atoms with E-state index in [1.54, 1.807) is 7.05 Å². The number of hydrogen-bond acceptors (Lipinski definition) is 5. The highest BCUT2D eigenvalue weighted by molar-refractivity contribution is 5.92. The molecule has 0 saturated carbocycles. The Balaban J connectivity index is 1.92. The summed E-state index contributed by atoms with van der Waals surface area (Å²) in [4.78, 5) is 38.3. The van der Waals surface area contributed by atoms with Crippen molar-refractivity contribution in [1.29, 1.82) is 0 Å². The summed E-state index contributed by atoms with van der Waals surface area (Å²) in [6.45, 7) is 2.86. The molecule has 26 heavy (non-hydrogen) atoms. The van der Waals surface area contributed by atoms with Crippen molar-refractivity contribution < 1.29 is 14.3 Å². The molecule has 0 aliphatic carbocycles. The molecular formula is C18H21N3O5. The van der Waals surface area contributed by atoms with Crippen LogP contribution in [-0.4, -0.2) is 40.2 Å². The molecule has 138 valence electrons. The van der Waals surface area contributed by atoms with Crippen molar-refractivity contribution in [3.8, 4) is 11.5 Å². The Bertz CT molecular complexity index is 976. The van der Waals surface area contributed by atoms with E-state index in [-0.39, 0.29) is 11.7 Å². The van der Waals surface area contributed by atoms with Gasteiger partial charge in [-0.15, -0.1) is 0 Å². The minimum absolute atomic E-state index is 0.0463. The second-order valence-electron chi connectivity index (χ2n) is 6.26. The van der Waals surface area contributed by atoms with Gasteiger partial charge in [0.25, 0.3) is 11.5 Å². The highest BCUT2D eigenvalue weighted by atomic mass is 16.6. The summed E-state index contributed by atoms with van der Waals surface area (Å²) < 4.78 is 13.2. The second-order valence-corrected chi connectivity index (χ2v) is 6.26. The minimum Gasteiger partial charge on any atom is -0.486 e. The molecule has 8 heteroatoms. The number of amides is 1. The molecular weight excluding hydrogens is 338 g/mol. The van der Waals surface area contributed by atoms with Crippen molar-refractivity contribution >= 4 is 5.91 Å². The minimum atomic E-state index is -0.541. The normalized spacial score (nSPS) is 14.0. The molecule has 0 saturated heterocycles. The van der Waals surface area contributed by atoms with Crippen LogP contribution in [0, 0.1) is 0 Å². The maximum atomic E-state index is 12.8. The largest absolute Gasteiger partial charge is 0.486 e. The van der Waals surface area contributed by atoms with E-state index in [0.29, 0.717) is 24.7 Å². The molecule has 2 heterocycles. The third kappa shape index (κ3) is 2.98.